The summed E-state index contributed by atoms with van der Waals surface area (Å²) in [5.41, 5.74) is 1.09. The third kappa shape index (κ3) is 4.35. The van der Waals surface area contributed by atoms with Gasteiger partial charge in [0, 0.05) is 19.8 Å². The molecule has 0 bridgehead atoms. The number of hydrogen-bond acceptors (Lipinski definition) is 8. The van der Waals surface area contributed by atoms with Crippen molar-refractivity contribution < 1.29 is 17.6 Å². The number of hydrogen-bond donors (Lipinski definition) is 2. The van der Waals surface area contributed by atoms with Gasteiger partial charge in [-0.3, -0.25) is 4.79 Å². The number of nitrogens with two attached hydrogens (primary N) is 1. The van der Waals surface area contributed by atoms with Gasteiger partial charge in [-0.2, -0.15) is 0 Å². The van der Waals surface area contributed by atoms with E-state index in [4.69, 9.17) is 10.3 Å². The second-order valence-corrected chi connectivity index (χ2v) is 10.1. The van der Waals surface area contributed by atoms with Gasteiger partial charge in [0.05, 0.1) is 22.0 Å². The highest BCUT2D eigenvalue weighted by molar-refractivity contribution is 8.00. The Kier molecular flexibility index (Phi) is 6.19. The fourth-order valence-electron chi connectivity index (χ4n) is 2.56. The van der Waals surface area contributed by atoms with Gasteiger partial charge in [0.1, 0.15) is 5.76 Å². The minimum absolute atomic E-state index is 0.0902. The van der Waals surface area contributed by atoms with Gasteiger partial charge in [-0.1, -0.05) is 17.8 Å². The third-order valence-corrected chi connectivity index (χ3v) is 7.16. The van der Waals surface area contributed by atoms with E-state index in [0.29, 0.717) is 28.0 Å². The lowest BCUT2D eigenvalue weighted by Crippen LogP contribution is -2.24. The molecule has 3 N–H and O–H groups in total. The van der Waals surface area contributed by atoms with Crippen molar-refractivity contribution in [2.24, 2.45) is 0 Å². The van der Waals surface area contributed by atoms with Crippen LogP contribution >= 0.6 is 11.8 Å². The van der Waals surface area contributed by atoms with Gasteiger partial charge >= 0.3 is 0 Å². The fraction of sp³-hybridized carbons (Fsp3) is 0.278. The Balaban J connectivity index is 1.72. The maximum Gasteiger partial charge on any atom is 0.242 e. The number of nitrogen functional groups attached to an aromatic ring is 1. The molecule has 0 aliphatic rings. The maximum absolute atomic E-state index is 12.6. The number of sulfonamides is 1. The normalized spacial score (nSPS) is 12.8. The standard InChI is InChI=1S/C18H22N6O4S2/c1-11-15(8-9-28-11)16-21-22-18(24(16)19)29-12(2)17(25)20-13-6-5-7-14(10-13)30(26,27)23(3)4/h5-10,12H,19H2,1-4H3,(H,20,25). The van der Waals surface area contributed by atoms with Crippen molar-refractivity contribution in [3.8, 4) is 11.4 Å². The predicted molar refractivity (Wildman–Crippen MR) is 114 cm³/mol. The van der Waals surface area contributed by atoms with Crippen LogP contribution in [0.15, 0.2) is 51.1 Å². The molecule has 2 aromatic heterocycles. The predicted octanol–water partition coefficient (Wildman–Crippen LogP) is 1.93. The van der Waals surface area contributed by atoms with Crippen LogP contribution in [0.5, 0.6) is 0 Å². The van der Waals surface area contributed by atoms with E-state index in [2.05, 4.69) is 15.5 Å². The van der Waals surface area contributed by atoms with Crippen LogP contribution in [0.2, 0.25) is 0 Å². The van der Waals surface area contributed by atoms with Gasteiger partial charge in [-0.15, -0.1) is 10.2 Å². The highest BCUT2D eigenvalue weighted by Gasteiger charge is 2.22. The third-order valence-electron chi connectivity index (χ3n) is 4.30. The van der Waals surface area contributed by atoms with E-state index in [1.54, 1.807) is 32.0 Å². The van der Waals surface area contributed by atoms with Gasteiger partial charge in [-0.25, -0.2) is 17.4 Å². The van der Waals surface area contributed by atoms with Crippen molar-refractivity contribution in [2.75, 3.05) is 25.3 Å². The lowest BCUT2D eigenvalue weighted by Gasteiger charge is -2.14. The first-order chi connectivity index (χ1) is 14.1. The molecule has 10 nitrogen and oxygen atoms in total. The van der Waals surface area contributed by atoms with Crippen LogP contribution in [-0.2, 0) is 14.8 Å². The number of carbonyl (C=O) groups is 1. The Labute approximate surface area is 178 Å². The van der Waals surface area contributed by atoms with Crippen molar-refractivity contribution in [3.05, 3.63) is 42.4 Å². The smallest absolute Gasteiger partial charge is 0.242 e. The number of nitrogens with zero attached hydrogens (tertiary/aromatic N) is 4. The van der Waals surface area contributed by atoms with Crippen LogP contribution in [0.3, 0.4) is 0 Å². The van der Waals surface area contributed by atoms with E-state index in [1.807, 2.05) is 0 Å². The average Bonchev–Trinajstić information content (AvgIpc) is 3.27. The van der Waals surface area contributed by atoms with Crippen LogP contribution in [0, 0.1) is 6.92 Å². The van der Waals surface area contributed by atoms with Gasteiger partial charge in [0.15, 0.2) is 5.82 Å². The second-order valence-electron chi connectivity index (χ2n) is 6.63. The summed E-state index contributed by atoms with van der Waals surface area (Å²) < 4.78 is 32.2. The summed E-state index contributed by atoms with van der Waals surface area (Å²) in [6, 6.07) is 7.81. The number of aryl methyl sites for hydroxylation is 1. The van der Waals surface area contributed by atoms with E-state index in [1.165, 1.54) is 37.2 Å². The van der Waals surface area contributed by atoms with E-state index >= 15 is 0 Å². The van der Waals surface area contributed by atoms with E-state index < -0.39 is 15.3 Å². The van der Waals surface area contributed by atoms with Crippen molar-refractivity contribution in [1.82, 2.24) is 19.2 Å². The number of nitrogens with one attached hydrogen (secondary N) is 1. The first-order valence-corrected chi connectivity index (χ1v) is 11.2. The zero-order valence-corrected chi connectivity index (χ0v) is 18.5. The first kappa shape index (κ1) is 21.9. The molecular weight excluding hydrogens is 428 g/mol. The number of rotatable bonds is 7. The van der Waals surface area contributed by atoms with E-state index in [0.717, 1.165) is 16.1 Å². The Morgan fingerprint density at radius 2 is 2.03 bits per heavy atom. The lowest BCUT2D eigenvalue weighted by molar-refractivity contribution is -0.115. The van der Waals surface area contributed by atoms with Crippen molar-refractivity contribution >= 4 is 33.4 Å². The molecule has 1 unspecified atom stereocenters. The number of thioether (sulfide) groups is 1. The summed E-state index contributed by atoms with van der Waals surface area (Å²) in [5, 5.41) is 10.6. The van der Waals surface area contributed by atoms with Gasteiger partial charge in [0.2, 0.25) is 21.1 Å². The fourth-order valence-corrected chi connectivity index (χ4v) is 4.28. The van der Waals surface area contributed by atoms with Crippen LogP contribution in [-0.4, -0.2) is 52.8 Å². The Hall–Kier alpha value is -2.83. The molecule has 12 heteroatoms. The van der Waals surface area contributed by atoms with Crippen LogP contribution in [0.25, 0.3) is 11.4 Å². The molecule has 2 heterocycles. The molecule has 1 amide bonds. The highest BCUT2D eigenvalue weighted by atomic mass is 32.2. The lowest BCUT2D eigenvalue weighted by atomic mass is 10.2. The van der Waals surface area contributed by atoms with Crippen molar-refractivity contribution in [1.29, 1.82) is 0 Å². The first-order valence-electron chi connectivity index (χ1n) is 8.86. The molecule has 0 saturated heterocycles. The molecule has 1 aromatic carbocycles. The number of furan rings is 1. The SMILES string of the molecule is Cc1occc1-c1nnc(SC(C)C(=O)Nc2cccc(S(=O)(=O)N(C)C)c2)n1N. The maximum atomic E-state index is 12.6. The number of aromatic nitrogens is 3. The molecule has 1 atom stereocenters. The molecule has 0 radical (unpaired) electrons. The van der Waals surface area contributed by atoms with Gasteiger partial charge < -0.3 is 15.6 Å². The van der Waals surface area contributed by atoms with E-state index in [-0.39, 0.29) is 10.8 Å². The Morgan fingerprint density at radius 3 is 2.67 bits per heavy atom. The van der Waals surface area contributed by atoms with Crippen molar-refractivity contribution in [3.63, 3.8) is 0 Å². The second kappa shape index (κ2) is 8.50. The van der Waals surface area contributed by atoms with Gasteiger partial charge in [0.25, 0.3) is 0 Å². The molecule has 0 aliphatic carbocycles. The summed E-state index contributed by atoms with van der Waals surface area (Å²) in [7, 11) is -0.709. The monoisotopic (exact) mass is 450 g/mol. The molecule has 160 valence electrons. The zero-order chi connectivity index (χ0) is 22.1. The van der Waals surface area contributed by atoms with Gasteiger partial charge in [-0.05, 0) is 38.1 Å². The van der Waals surface area contributed by atoms with E-state index in [9.17, 15) is 13.2 Å². The molecule has 0 fully saturated rings. The Morgan fingerprint density at radius 1 is 1.30 bits per heavy atom. The molecule has 30 heavy (non-hydrogen) atoms. The molecular formula is C18H22N6O4S2. The molecule has 3 aromatic rings. The number of carbonyl (C=O) groups excluding carboxylic acids is 1. The molecule has 3 rings (SSSR count). The molecule has 0 spiro atoms. The highest BCUT2D eigenvalue weighted by Crippen LogP contribution is 2.27. The topological polar surface area (TPSA) is 136 Å². The zero-order valence-electron chi connectivity index (χ0n) is 16.9. The summed E-state index contributed by atoms with van der Waals surface area (Å²) in [6.45, 7) is 3.48. The number of benzene rings is 1. The summed E-state index contributed by atoms with van der Waals surface area (Å²) in [6.07, 6.45) is 1.53. The average molecular weight is 451 g/mol. The van der Waals surface area contributed by atoms with Crippen molar-refractivity contribution in [2.45, 2.75) is 29.1 Å². The van der Waals surface area contributed by atoms with Crippen LogP contribution in [0.4, 0.5) is 5.69 Å². The molecule has 0 saturated carbocycles. The number of amides is 1. The minimum atomic E-state index is -3.60. The summed E-state index contributed by atoms with van der Waals surface area (Å²) in [4.78, 5) is 12.7. The van der Waals surface area contributed by atoms with Crippen LogP contribution < -0.4 is 11.2 Å². The number of anilines is 1. The summed E-state index contributed by atoms with van der Waals surface area (Å²) >= 11 is 1.13. The Bertz CT molecular complexity index is 1170. The summed E-state index contributed by atoms with van der Waals surface area (Å²) in [5.74, 6) is 6.84. The van der Waals surface area contributed by atoms with Crippen LogP contribution in [0.1, 0.15) is 12.7 Å². The largest absolute Gasteiger partial charge is 0.469 e. The quantitative estimate of drug-likeness (QED) is 0.412. The molecule has 0 aliphatic heterocycles. The minimum Gasteiger partial charge on any atom is -0.469 e.